The summed E-state index contributed by atoms with van der Waals surface area (Å²) in [5.41, 5.74) is 3.77. The molecule has 35 heavy (non-hydrogen) atoms. The van der Waals surface area contributed by atoms with Crippen molar-refractivity contribution in [2.24, 2.45) is 5.92 Å². The highest BCUT2D eigenvalue weighted by Crippen LogP contribution is 2.58. The Kier molecular flexibility index (Phi) is 5.69. The molecule has 2 N–H and O–H groups in total. The number of nitrogens with one attached hydrogen (secondary N) is 1. The van der Waals surface area contributed by atoms with Crippen LogP contribution in [0.25, 0.3) is 0 Å². The summed E-state index contributed by atoms with van der Waals surface area (Å²) in [4.78, 5) is 28.1. The number of hydrogen-bond acceptors (Lipinski definition) is 4. The minimum atomic E-state index is -1.37. The number of phenolic OH excluding ortho intramolecular Hbond substituents is 1. The first-order valence-electron chi connectivity index (χ1n) is 11.1. The molecule has 2 amide bonds. The van der Waals surface area contributed by atoms with Crippen LogP contribution in [0.2, 0.25) is 5.02 Å². The number of imide groups is 1. The van der Waals surface area contributed by atoms with Crippen LogP contribution in [0, 0.1) is 11.7 Å². The highest BCUT2D eigenvalue weighted by atomic mass is 35.5. The van der Waals surface area contributed by atoms with Gasteiger partial charge in [0.25, 0.3) is 11.8 Å². The molecule has 7 heteroatoms. The largest absolute Gasteiger partial charge is 0.508 e. The molecule has 5 nitrogen and oxygen atoms in total. The number of hydrazine groups is 1. The lowest BCUT2D eigenvalue weighted by atomic mass is 9.56. The first-order valence-corrected chi connectivity index (χ1v) is 11.5. The molecule has 1 aliphatic heterocycles. The standard InChI is InChI=1S/C28H22ClFN2O3/c1-2-17-7-16-23-26(34)32(31-21-14-12-20(30)13-15-21)27(35)28(23,18-8-10-19(29)11-9-18)25(17)22-5-3-4-6-24(22)33/h2-15,23,25,31,33H,1,16H2. The summed E-state index contributed by atoms with van der Waals surface area (Å²) in [6.07, 6.45) is 3.87. The number of halogens is 2. The topological polar surface area (TPSA) is 69.6 Å². The van der Waals surface area contributed by atoms with E-state index in [-0.39, 0.29) is 5.75 Å². The van der Waals surface area contributed by atoms with E-state index in [4.69, 9.17) is 11.6 Å². The lowest BCUT2D eigenvalue weighted by Crippen LogP contribution is -2.48. The fourth-order valence-electron chi connectivity index (χ4n) is 5.36. The fraction of sp³-hybridized carbons (Fsp3) is 0.143. The molecule has 1 heterocycles. The Labute approximate surface area is 207 Å². The molecule has 0 spiro atoms. The van der Waals surface area contributed by atoms with Gasteiger partial charge in [0.05, 0.1) is 17.0 Å². The second-order valence-electron chi connectivity index (χ2n) is 8.66. The van der Waals surface area contributed by atoms with Crippen molar-refractivity contribution >= 4 is 29.1 Å². The van der Waals surface area contributed by atoms with E-state index in [1.54, 1.807) is 54.6 Å². The zero-order valence-corrected chi connectivity index (χ0v) is 19.4. The van der Waals surface area contributed by atoms with Crippen molar-refractivity contribution in [1.29, 1.82) is 0 Å². The first kappa shape index (κ1) is 22.9. The molecule has 3 atom stereocenters. The zero-order chi connectivity index (χ0) is 24.7. The number of amides is 2. The average Bonchev–Trinajstić information content (AvgIpc) is 3.08. The van der Waals surface area contributed by atoms with Gasteiger partial charge in [0.2, 0.25) is 0 Å². The number of nitrogens with zero attached hydrogens (tertiary/aromatic N) is 1. The smallest absolute Gasteiger partial charge is 0.260 e. The normalized spacial score (nSPS) is 23.6. The van der Waals surface area contributed by atoms with Crippen LogP contribution < -0.4 is 5.43 Å². The van der Waals surface area contributed by atoms with Gasteiger partial charge < -0.3 is 5.11 Å². The Balaban J connectivity index is 1.74. The molecule has 0 bridgehead atoms. The van der Waals surface area contributed by atoms with Gasteiger partial charge in [-0.3, -0.25) is 15.0 Å². The summed E-state index contributed by atoms with van der Waals surface area (Å²) in [7, 11) is 0. The summed E-state index contributed by atoms with van der Waals surface area (Å²) in [5.74, 6) is -2.73. The summed E-state index contributed by atoms with van der Waals surface area (Å²) < 4.78 is 13.4. The van der Waals surface area contributed by atoms with Crippen LogP contribution in [0.4, 0.5) is 10.1 Å². The van der Waals surface area contributed by atoms with E-state index in [0.29, 0.717) is 28.3 Å². The number of carbonyl (C=O) groups excluding carboxylic acids is 2. The number of rotatable bonds is 5. The highest BCUT2D eigenvalue weighted by Gasteiger charge is 2.66. The second-order valence-corrected chi connectivity index (χ2v) is 9.10. The zero-order valence-electron chi connectivity index (χ0n) is 18.6. The number of carbonyl (C=O) groups is 2. The Morgan fingerprint density at radius 1 is 1.06 bits per heavy atom. The average molecular weight is 489 g/mol. The van der Waals surface area contributed by atoms with Crippen molar-refractivity contribution in [1.82, 2.24) is 5.01 Å². The van der Waals surface area contributed by atoms with Crippen molar-refractivity contribution in [2.75, 3.05) is 5.43 Å². The van der Waals surface area contributed by atoms with Crippen molar-refractivity contribution < 1.29 is 19.1 Å². The minimum Gasteiger partial charge on any atom is -0.508 e. The highest BCUT2D eigenvalue weighted by molar-refractivity contribution is 6.30. The molecular formula is C28H22ClFN2O3. The van der Waals surface area contributed by atoms with Gasteiger partial charge in [-0.15, -0.1) is 0 Å². The minimum absolute atomic E-state index is 0.0180. The summed E-state index contributed by atoms with van der Waals surface area (Å²) in [5, 5.41) is 12.3. The van der Waals surface area contributed by atoms with E-state index in [1.165, 1.54) is 24.3 Å². The lowest BCUT2D eigenvalue weighted by molar-refractivity contribution is -0.138. The monoisotopic (exact) mass is 488 g/mol. The molecule has 0 saturated carbocycles. The van der Waals surface area contributed by atoms with E-state index in [0.717, 1.165) is 10.6 Å². The van der Waals surface area contributed by atoms with Gasteiger partial charge in [-0.1, -0.05) is 60.7 Å². The van der Waals surface area contributed by atoms with E-state index in [1.807, 2.05) is 6.08 Å². The molecule has 1 aliphatic carbocycles. The molecular weight excluding hydrogens is 467 g/mol. The summed E-state index contributed by atoms with van der Waals surface area (Å²) in [6, 6.07) is 19.1. The van der Waals surface area contributed by atoms with Crippen LogP contribution in [0.15, 0.2) is 97.1 Å². The fourth-order valence-corrected chi connectivity index (χ4v) is 5.49. The molecule has 1 fully saturated rings. The number of phenols is 1. The third-order valence-corrected chi connectivity index (χ3v) is 7.15. The van der Waals surface area contributed by atoms with Crippen molar-refractivity contribution in [3.63, 3.8) is 0 Å². The van der Waals surface area contributed by atoms with Crippen LogP contribution in [-0.4, -0.2) is 21.9 Å². The van der Waals surface area contributed by atoms with Crippen LogP contribution in [-0.2, 0) is 15.0 Å². The van der Waals surface area contributed by atoms with Gasteiger partial charge in [0.15, 0.2) is 0 Å². The quantitative estimate of drug-likeness (QED) is 0.450. The summed E-state index contributed by atoms with van der Waals surface area (Å²) in [6.45, 7) is 3.95. The Hall–Kier alpha value is -3.90. The Morgan fingerprint density at radius 3 is 2.40 bits per heavy atom. The maximum atomic E-state index is 14.4. The SMILES string of the molecule is C=CC1=CCC2C(=O)N(Nc3ccc(F)cc3)C(=O)C2(c2ccc(Cl)cc2)C1c1ccccc1O. The van der Waals surface area contributed by atoms with Gasteiger partial charge in [0.1, 0.15) is 11.6 Å². The predicted molar refractivity (Wildman–Crippen MR) is 132 cm³/mol. The third kappa shape index (κ3) is 3.53. The predicted octanol–water partition coefficient (Wildman–Crippen LogP) is 5.73. The molecule has 3 aromatic rings. The maximum absolute atomic E-state index is 14.4. The molecule has 5 rings (SSSR count). The van der Waals surface area contributed by atoms with Gasteiger partial charge in [0, 0.05) is 16.5 Å². The Bertz CT molecular complexity index is 1350. The second kappa shape index (κ2) is 8.71. The van der Waals surface area contributed by atoms with Crippen molar-refractivity contribution in [2.45, 2.75) is 17.8 Å². The van der Waals surface area contributed by atoms with Gasteiger partial charge in [-0.05, 0) is 60.0 Å². The number of hydrogen-bond donors (Lipinski definition) is 2. The molecule has 0 radical (unpaired) electrons. The molecule has 3 unspecified atom stereocenters. The van der Waals surface area contributed by atoms with Crippen molar-refractivity contribution in [3.8, 4) is 5.75 Å². The molecule has 1 saturated heterocycles. The summed E-state index contributed by atoms with van der Waals surface area (Å²) >= 11 is 6.17. The molecule has 0 aromatic heterocycles. The number of fused-ring (bicyclic) bond motifs is 1. The van der Waals surface area contributed by atoms with E-state index >= 15 is 0 Å². The number of allylic oxidation sites excluding steroid dienone is 3. The van der Waals surface area contributed by atoms with Crippen LogP contribution in [0.5, 0.6) is 5.75 Å². The maximum Gasteiger partial charge on any atom is 0.260 e. The molecule has 3 aromatic carbocycles. The van der Waals surface area contributed by atoms with Crippen LogP contribution in [0.3, 0.4) is 0 Å². The lowest BCUT2D eigenvalue weighted by Gasteiger charge is -2.43. The van der Waals surface area contributed by atoms with Crippen LogP contribution in [0.1, 0.15) is 23.5 Å². The number of benzene rings is 3. The van der Waals surface area contributed by atoms with Crippen molar-refractivity contribution in [3.05, 3.63) is 119 Å². The molecule has 176 valence electrons. The van der Waals surface area contributed by atoms with Gasteiger partial charge >= 0.3 is 0 Å². The number of aromatic hydroxyl groups is 1. The van der Waals surface area contributed by atoms with E-state index in [9.17, 15) is 19.1 Å². The number of anilines is 1. The Morgan fingerprint density at radius 2 is 1.74 bits per heavy atom. The third-order valence-electron chi connectivity index (χ3n) is 6.89. The molecule has 2 aliphatic rings. The van der Waals surface area contributed by atoms with Gasteiger partial charge in [-0.25, -0.2) is 4.39 Å². The first-order chi connectivity index (χ1) is 16.9. The van der Waals surface area contributed by atoms with E-state index in [2.05, 4.69) is 12.0 Å². The van der Waals surface area contributed by atoms with Crippen LogP contribution >= 0.6 is 11.6 Å². The van der Waals surface area contributed by atoms with Gasteiger partial charge in [-0.2, -0.15) is 5.01 Å². The van der Waals surface area contributed by atoms with E-state index < -0.39 is 34.9 Å². The number of para-hydroxylation sites is 1.